The molecule has 0 radical (unpaired) electrons. The predicted octanol–water partition coefficient (Wildman–Crippen LogP) is 2.13. The Morgan fingerprint density at radius 1 is 1.39 bits per heavy atom. The molecule has 1 aliphatic rings. The second-order valence-electron chi connectivity index (χ2n) is 4.86. The van der Waals surface area contributed by atoms with Crippen LogP contribution in [0.25, 0.3) is 0 Å². The molecule has 98 valence electrons. The highest BCUT2D eigenvalue weighted by molar-refractivity contribution is 5.78. The van der Waals surface area contributed by atoms with E-state index in [4.69, 9.17) is 5.73 Å². The lowest BCUT2D eigenvalue weighted by atomic mass is 10.1. The van der Waals surface area contributed by atoms with Crippen molar-refractivity contribution in [1.82, 2.24) is 5.32 Å². The third-order valence-corrected chi connectivity index (χ3v) is 2.87. The molecule has 0 spiro atoms. The van der Waals surface area contributed by atoms with Crippen molar-refractivity contribution < 1.29 is 8.78 Å². The lowest BCUT2D eigenvalue weighted by Crippen LogP contribution is -2.37. The monoisotopic (exact) mass is 253 g/mol. The second-order valence-corrected chi connectivity index (χ2v) is 4.86. The number of nitrogens with zero attached hydrogens (tertiary/aromatic N) is 1. The van der Waals surface area contributed by atoms with Crippen molar-refractivity contribution >= 4 is 5.96 Å². The van der Waals surface area contributed by atoms with Crippen LogP contribution in [0.3, 0.4) is 0 Å². The number of guanidine groups is 1. The second kappa shape index (κ2) is 4.92. The third kappa shape index (κ3) is 2.78. The number of rotatable bonds is 3. The molecule has 1 fully saturated rings. The smallest absolute Gasteiger partial charge is 0.189 e. The van der Waals surface area contributed by atoms with Crippen molar-refractivity contribution in [2.75, 3.05) is 0 Å². The molecule has 0 aromatic heterocycles. The highest BCUT2D eigenvalue weighted by Crippen LogP contribution is 2.45. The van der Waals surface area contributed by atoms with Gasteiger partial charge in [-0.1, -0.05) is 6.07 Å². The van der Waals surface area contributed by atoms with E-state index >= 15 is 0 Å². The molecule has 2 rings (SSSR count). The van der Waals surface area contributed by atoms with Gasteiger partial charge in [-0.05, 0) is 32.4 Å². The first-order valence-corrected chi connectivity index (χ1v) is 6.02. The van der Waals surface area contributed by atoms with E-state index in [1.165, 1.54) is 18.2 Å². The zero-order valence-corrected chi connectivity index (χ0v) is 10.5. The molecule has 0 aliphatic heterocycles. The minimum Gasteiger partial charge on any atom is -0.370 e. The maximum absolute atomic E-state index is 13.5. The van der Waals surface area contributed by atoms with Crippen molar-refractivity contribution in [3.8, 4) is 0 Å². The van der Waals surface area contributed by atoms with E-state index in [1.54, 1.807) is 0 Å². The largest absolute Gasteiger partial charge is 0.370 e. The summed E-state index contributed by atoms with van der Waals surface area (Å²) in [6.45, 7) is 3.90. The number of halogens is 2. The quantitative estimate of drug-likeness (QED) is 0.640. The summed E-state index contributed by atoms with van der Waals surface area (Å²) in [6, 6.07) is 3.98. The third-order valence-electron chi connectivity index (χ3n) is 2.87. The maximum atomic E-state index is 13.5. The van der Waals surface area contributed by atoms with Gasteiger partial charge < -0.3 is 11.1 Å². The van der Waals surface area contributed by atoms with Crippen LogP contribution >= 0.6 is 0 Å². The maximum Gasteiger partial charge on any atom is 0.189 e. The van der Waals surface area contributed by atoms with Crippen molar-refractivity contribution in [2.24, 2.45) is 10.7 Å². The molecule has 0 heterocycles. The molecular formula is C13H17F2N3. The number of nitrogens with two attached hydrogens (primary N) is 1. The van der Waals surface area contributed by atoms with Gasteiger partial charge in [0.15, 0.2) is 5.96 Å². The summed E-state index contributed by atoms with van der Waals surface area (Å²) in [4.78, 5) is 4.22. The molecule has 0 bridgehead atoms. The molecule has 5 heteroatoms. The zero-order valence-electron chi connectivity index (χ0n) is 10.5. The molecule has 1 saturated carbocycles. The van der Waals surface area contributed by atoms with Gasteiger partial charge in [0.1, 0.15) is 11.6 Å². The molecule has 18 heavy (non-hydrogen) atoms. The number of hydrogen-bond acceptors (Lipinski definition) is 1. The highest BCUT2D eigenvalue weighted by Gasteiger charge is 2.42. The van der Waals surface area contributed by atoms with Gasteiger partial charge in [0.05, 0.1) is 6.04 Å². The van der Waals surface area contributed by atoms with Crippen LogP contribution in [0.4, 0.5) is 8.78 Å². The Balaban J connectivity index is 2.07. The lowest BCUT2D eigenvalue weighted by Gasteiger charge is -2.08. The van der Waals surface area contributed by atoms with Gasteiger partial charge in [-0.3, -0.25) is 0 Å². The Labute approximate surface area is 105 Å². The minimum atomic E-state index is -0.506. The topological polar surface area (TPSA) is 50.4 Å². The Bertz CT molecular complexity index is 451. The van der Waals surface area contributed by atoms with E-state index in [-0.39, 0.29) is 23.6 Å². The van der Waals surface area contributed by atoms with Crippen LogP contribution in [-0.4, -0.2) is 18.0 Å². The first kappa shape index (κ1) is 12.8. The van der Waals surface area contributed by atoms with E-state index in [1.807, 2.05) is 13.8 Å². The van der Waals surface area contributed by atoms with Gasteiger partial charge in [-0.2, -0.15) is 0 Å². The van der Waals surface area contributed by atoms with Gasteiger partial charge in [-0.25, -0.2) is 13.8 Å². The fourth-order valence-electron chi connectivity index (χ4n) is 2.01. The summed E-state index contributed by atoms with van der Waals surface area (Å²) >= 11 is 0. The zero-order chi connectivity index (χ0) is 13.3. The molecule has 1 aromatic rings. The molecule has 0 amide bonds. The molecule has 3 N–H and O–H groups in total. The lowest BCUT2D eigenvalue weighted by molar-refractivity contribution is 0.555. The number of nitrogens with one attached hydrogen (secondary N) is 1. The summed E-state index contributed by atoms with van der Waals surface area (Å²) < 4.78 is 27.1. The number of benzene rings is 1. The molecule has 2 atom stereocenters. The molecule has 0 saturated heterocycles. The van der Waals surface area contributed by atoms with E-state index in [2.05, 4.69) is 10.3 Å². The molecular weight excluding hydrogens is 236 g/mol. The van der Waals surface area contributed by atoms with Crippen LogP contribution in [0, 0.1) is 11.6 Å². The number of hydrogen-bond donors (Lipinski definition) is 2. The molecule has 3 nitrogen and oxygen atoms in total. The molecule has 1 aromatic carbocycles. The summed E-state index contributed by atoms with van der Waals surface area (Å²) in [5.74, 6) is -0.880. The Kier molecular flexibility index (Phi) is 3.50. The number of aliphatic imine (C=N–C) groups is 1. The Morgan fingerprint density at radius 3 is 2.56 bits per heavy atom. The van der Waals surface area contributed by atoms with Gasteiger partial charge in [0, 0.05) is 17.5 Å². The van der Waals surface area contributed by atoms with Gasteiger partial charge in [0.25, 0.3) is 0 Å². The average Bonchev–Trinajstić information content (AvgIpc) is 2.95. The fraction of sp³-hybridized carbons (Fsp3) is 0.462. The minimum absolute atomic E-state index is 0.123. The average molecular weight is 253 g/mol. The van der Waals surface area contributed by atoms with Crippen LogP contribution in [0.15, 0.2) is 23.2 Å². The normalized spacial score (nSPS) is 23.3. The van der Waals surface area contributed by atoms with Gasteiger partial charge in [-0.15, -0.1) is 0 Å². The first-order valence-electron chi connectivity index (χ1n) is 6.02. The summed E-state index contributed by atoms with van der Waals surface area (Å²) in [5, 5.41) is 2.96. The van der Waals surface area contributed by atoms with Crippen LogP contribution in [0.1, 0.15) is 31.7 Å². The Hall–Kier alpha value is -1.65. The van der Waals surface area contributed by atoms with Crippen LogP contribution in [-0.2, 0) is 0 Å². The van der Waals surface area contributed by atoms with Crippen molar-refractivity contribution in [3.63, 3.8) is 0 Å². The SMILES string of the molecule is CC(C)NC(N)=NC1CC1c1c(F)cccc1F. The van der Waals surface area contributed by atoms with Crippen molar-refractivity contribution in [1.29, 1.82) is 0 Å². The van der Waals surface area contributed by atoms with Crippen molar-refractivity contribution in [3.05, 3.63) is 35.4 Å². The highest BCUT2D eigenvalue weighted by atomic mass is 19.1. The van der Waals surface area contributed by atoms with Gasteiger partial charge >= 0.3 is 0 Å². The van der Waals surface area contributed by atoms with Gasteiger partial charge in [0.2, 0.25) is 0 Å². The molecule has 1 aliphatic carbocycles. The summed E-state index contributed by atoms with van der Waals surface area (Å²) in [5.41, 5.74) is 5.81. The summed E-state index contributed by atoms with van der Waals surface area (Å²) in [7, 11) is 0. The Morgan fingerprint density at radius 2 is 2.00 bits per heavy atom. The van der Waals surface area contributed by atoms with E-state index in [0.717, 1.165) is 0 Å². The van der Waals surface area contributed by atoms with E-state index < -0.39 is 11.6 Å². The van der Waals surface area contributed by atoms with Crippen LogP contribution in [0.5, 0.6) is 0 Å². The predicted molar refractivity (Wildman–Crippen MR) is 67.4 cm³/mol. The molecule has 2 unspecified atom stereocenters. The van der Waals surface area contributed by atoms with Crippen LogP contribution < -0.4 is 11.1 Å². The first-order chi connectivity index (χ1) is 8.49. The summed E-state index contributed by atoms with van der Waals surface area (Å²) in [6.07, 6.45) is 0.637. The van der Waals surface area contributed by atoms with E-state index in [0.29, 0.717) is 12.4 Å². The van der Waals surface area contributed by atoms with Crippen LogP contribution in [0.2, 0.25) is 0 Å². The van der Waals surface area contributed by atoms with E-state index in [9.17, 15) is 8.78 Å². The standard InChI is InChI=1S/C13H17F2N3/c1-7(2)17-13(16)18-11-6-8(11)12-9(14)4-3-5-10(12)15/h3-5,7-8,11H,6H2,1-2H3,(H3,16,17,18). The van der Waals surface area contributed by atoms with Crippen molar-refractivity contribution in [2.45, 2.75) is 38.3 Å². The fourth-order valence-corrected chi connectivity index (χ4v) is 2.01.